The summed E-state index contributed by atoms with van der Waals surface area (Å²) >= 11 is 0. The minimum Gasteiger partial charge on any atom is -0.480 e. The molecule has 98 valence electrons. The molecule has 1 aromatic carbocycles. The Morgan fingerprint density at radius 1 is 1.33 bits per heavy atom. The molecule has 1 aromatic rings. The number of hydrogen-bond acceptors (Lipinski definition) is 2. The number of urea groups is 1. The fourth-order valence-electron chi connectivity index (χ4n) is 1.14. The Morgan fingerprint density at radius 2 is 2.00 bits per heavy atom. The van der Waals surface area contributed by atoms with Crippen molar-refractivity contribution in [3.63, 3.8) is 0 Å². The van der Waals surface area contributed by atoms with Crippen LogP contribution in [-0.4, -0.2) is 23.1 Å². The first-order valence-corrected chi connectivity index (χ1v) is 5.11. The third-order valence-corrected chi connectivity index (χ3v) is 2.16. The molecule has 18 heavy (non-hydrogen) atoms. The fourth-order valence-corrected chi connectivity index (χ4v) is 1.14. The van der Waals surface area contributed by atoms with E-state index in [0.717, 1.165) is 12.1 Å². The molecular formula is C11H12F2N2O3. The fraction of sp³-hybridized carbons (Fsp3) is 0.273. The maximum atomic E-state index is 12.8. The van der Waals surface area contributed by atoms with Crippen molar-refractivity contribution in [3.05, 3.63) is 35.4 Å². The summed E-state index contributed by atoms with van der Waals surface area (Å²) in [4.78, 5) is 21.7. The van der Waals surface area contributed by atoms with Gasteiger partial charge in [0.15, 0.2) is 11.6 Å². The predicted octanol–water partition coefficient (Wildman–Crippen LogP) is 1.24. The molecule has 1 unspecified atom stereocenters. The number of amides is 2. The van der Waals surface area contributed by atoms with Gasteiger partial charge >= 0.3 is 12.0 Å². The average Bonchev–Trinajstić information content (AvgIpc) is 2.30. The molecule has 0 aliphatic rings. The van der Waals surface area contributed by atoms with Gasteiger partial charge in [-0.1, -0.05) is 6.07 Å². The molecule has 0 fully saturated rings. The Morgan fingerprint density at radius 3 is 2.56 bits per heavy atom. The number of carboxylic acid groups (broad SMARTS) is 1. The first kappa shape index (κ1) is 13.9. The zero-order valence-electron chi connectivity index (χ0n) is 9.54. The van der Waals surface area contributed by atoms with Gasteiger partial charge in [-0.15, -0.1) is 0 Å². The average molecular weight is 258 g/mol. The number of rotatable bonds is 4. The van der Waals surface area contributed by atoms with Crippen LogP contribution in [0.15, 0.2) is 18.2 Å². The summed E-state index contributed by atoms with van der Waals surface area (Å²) in [6.07, 6.45) is 0. The van der Waals surface area contributed by atoms with Gasteiger partial charge in [0.05, 0.1) is 0 Å². The third-order valence-electron chi connectivity index (χ3n) is 2.16. The summed E-state index contributed by atoms with van der Waals surface area (Å²) in [6, 6.07) is 1.49. The van der Waals surface area contributed by atoms with E-state index in [4.69, 9.17) is 5.11 Å². The molecular weight excluding hydrogens is 246 g/mol. The van der Waals surface area contributed by atoms with E-state index in [2.05, 4.69) is 10.6 Å². The molecule has 1 atom stereocenters. The zero-order valence-corrected chi connectivity index (χ0v) is 9.54. The monoisotopic (exact) mass is 258 g/mol. The SMILES string of the molecule is CC(NC(=O)NCc1ccc(F)c(F)c1)C(=O)O. The minimum absolute atomic E-state index is 0.0324. The smallest absolute Gasteiger partial charge is 0.325 e. The van der Waals surface area contributed by atoms with Crippen LogP contribution >= 0.6 is 0 Å². The molecule has 2 amide bonds. The van der Waals surface area contributed by atoms with Crippen molar-refractivity contribution in [2.75, 3.05) is 0 Å². The van der Waals surface area contributed by atoms with Gasteiger partial charge in [0, 0.05) is 6.54 Å². The van der Waals surface area contributed by atoms with Crippen LogP contribution in [0.4, 0.5) is 13.6 Å². The lowest BCUT2D eigenvalue weighted by molar-refractivity contribution is -0.138. The van der Waals surface area contributed by atoms with E-state index in [0.29, 0.717) is 5.56 Å². The molecule has 0 spiro atoms. The molecule has 0 saturated carbocycles. The van der Waals surface area contributed by atoms with Gasteiger partial charge < -0.3 is 15.7 Å². The second kappa shape index (κ2) is 5.95. The second-order valence-electron chi connectivity index (χ2n) is 3.64. The quantitative estimate of drug-likeness (QED) is 0.760. The number of aliphatic carboxylic acids is 1. The van der Waals surface area contributed by atoms with Crippen molar-refractivity contribution in [1.29, 1.82) is 0 Å². The van der Waals surface area contributed by atoms with Crippen molar-refractivity contribution in [2.24, 2.45) is 0 Å². The number of carbonyl (C=O) groups is 2. The Bertz CT molecular complexity index is 466. The van der Waals surface area contributed by atoms with E-state index in [9.17, 15) is 18.4 Å². The number of halogens is 2. The van der Waals surface area contributed by atoms with Crippen molar-refractivity contribution in [3.8, 4) is 0 Å². The summed E-state index contributed by atoms with van der Waals surface area (Å²) in [5.41, 5.74) is 0.368. The summed E-state index contributed by atoms with van der Waals surface area (Å²) in [6.45, 7) is 1.27. The number of benzene rings is 1. The highest BCUT2D eigenvalue weighted by atomic mass is 19.2. The topological polar surface area (TPSA) is 78.4 Å². The van der Waals surface area contributed by atoms with Crippen molar-refractivity contribution in [2.45, 2.75) is 19.5 Å². The molecule has 1 rings (SSSR count). The highest BCUT2D eigenvalue weighted by molar-refractivity contribution is 5.82. The Kier molecular flexibility index (Phi) is 4.59. The molecule has 0 aliphatic heterocycles. The van der Waals surface area contributed by atoms with Gasteiger partial charge in [0.1, 0.15) is 6.04 Å². The highest BCUT2D eigenvalue weighted by Crippen LogP contribution is 2.08. The predicted molar refractivity (Wildman–Crippen MR) is 58.8 cm³/mol. The third kappa shape index (κ3) is 4.00. The van der Waals surface area contributed by atoms with Crippen LogP contribution < -0.4 is 10.6 Å². The molecule has 0 heterocycles. The lowest BCUT2D eigenvalue weighted by Gasteiger charge is -2.10. The van der Waals surface area contributed by atoms with E-state index in [1.54, 1.807) is 0 Å². The molecule has 3 N–H and O–H groups in total. The molecule has 0 aromatic heterocycles. The maximum absolute atomic E-state index is 12.8. The van der Waals surface area contributed by atoms with Crippen molar-refractivity contribution >= 4 is 12.0 Å². The molecule has 5 nitrogen and oxygen atoms in total. The maximum Gasteiger partial charge on any atom is 0.325 e. The first-order valence-electron chi connectivity index (χ1n) is 5.11. The Hall–Kier alpha value is -2.18. The number of carboxylic acids is 1. The minimum atomic E-state index is -1.17. The van der Waals surface area contributed by atoms with Gasteiger partial charge in [-0.25, -0.2) is 13.6 Å². The number of carbonyl (C=O) groups excluding carboxylic acids is 1. The van der Waals surface area contributed by atoms with Gasteiger partial charge in [0.2, 0.25) is 0 Å². The van der Waals surface area contributed by atoms with E-state index in [1.165, 1.54) is 13.0 Å². The summed E-state index contributed by atoms with van der Waals surface area (Å²) < 4.78 is 25.5. The molecule has 0 saturated heterocycles. The van der Waals surface area contributed by atoms with Gasteiger partial charge in [-0.3, -0.25) is 4.79 Å². The molecule has 7 heteroatoms. The van der Waals surface area contributed by atoms with Crippen LogP contribution in [0.5, 0.6) is 0 Å². The van der Waals surface area contributed by atoms with Crippen LogP contribution in [0.25, 0.3) is 0 Å². The van der Waals surface area contributed by atoms with Crippen LogP contribution in [-0.2, 0) is 11.3 Å². The zero-order chi connectivity index (χ0) is 13.7. The van der Waals surface area contributed by atoms with Crippen LogP contribution in [0.2, 0.25) is 0 Å². The van der Waals surface area contributed by atoms with E-state index < -0.39 is 29.7 Å². The largest absolute Gasteiger partial charge is 0.480 e. The van der Waals surface area contributed by atoms with Crippen molar-refractivity contribution in [1.82, 2.24) is 10.6 Å². The summed E-state index contributed by atoms with van der Waals surface area (Å²) in [5, 5.41) is 13.0. The van der Waals surface area contributed by atoms with E-state index in [1.807, 2.05) is 0 Å². The van der Waals surface area contributed by atoms with Gasteiger partial charge in [-0.05, 0) is 24.6 Å². The van der Waals surface area contributed by atoms with E-state index in [-0.39, 0.29) is 6.54 Å². The van der Waals surface area contributed by atoms with Crippen LogP contribution in [0.3, 0.4) is 0 Å². The molecule has 0 aliphatic carbocycles. The second-order valence-corrected chi connectivity index (χ2v) is 3.64. The molecule has 0 radical (unpaired) electrons. The highest BCUT2D eigenvalue weighted by Gasteiger charge is 2.13. The summed E-state index contributed by atoms with van der Waals surface area (Å²) in [5.74, 6) is -3.14. The first-order chi connectivity index (χ1) is 8.40. The van der Waals surface area contributed by atoms with Crippen LogP contribution in [0.1, 0.15) is 12.5 Å². The van der Waals surface area contributed by atoms with Crippen molar-refractivity contribution < 1.29 is 23.5 Å². The Balaban J connectivity index is 2.47. The van der Waals surface area contributed by atoms with Gasteiger partial charge in [0.25, 0.3) is 0 Å². The lowest BCUT2D eigenvalue weighted by Crippen LogP contribution is -2.44. The summed E-state index contributed by atoms with van der Waals surface area (Å²) in [7, 11) is 0. The standard InChI is InChI=1S/C11H12F2N2O3/c1-6(10(16)17)15-11(18)14-5-7-2-3-8(12)9(13)4-7/h2-4,6H,5H2,1H3,(H,16,17)(H2,14,15,18). The van der Waals surface area contributed by atoms with E-state index >= 15 is 0 Å². The molecule has 0 bridgehead atoms. The normalized spacial score (nSPS) is 11.7. The van der Waals surface area contributed by atoms with Gasteiger partial charge in [-0.2, -0.15) is 0 Å². The lowest BCUT2D eigenvalue weighted by atomic mass is 10.2. The number of hydrogen-bond donors (Lipinski definition) is 3. The Labute approximate surface area is 102 Å². The number of nitrogens with one attached hydrogen (secondary N) is 2. The van der Waals surface area contributed by atoms with Crippen LogP contribution in [0, 0.1) is 11.6 Å².